The Morgan fingerprint density at radius 1 is 1.33 bits per heavy atom. The molecular weight excluding hydrogens is 153 g/mol. The maximum absolute atomic E-state index is 13.2. The van der Waals surface area contributed by atoms with Crippen LogP contribution in [0.1, 0.15) is 24.4 Å². The minimum atomic E-state index is -0.0550. The van der Waals surface area contributed by atoms with E-state index in [-0.39, 0.29) is 5.82 Å². The molecule has 0 amide bonds. The van der Waals surface area contributed by atoms with Gasteiger partial charge in [0.1, 0.15) is 11.9 Å². The third-order valence-electron chi connectivity index (χ3n) is 2.48. The summed E-state index contributed by atoms with van der Waals surface area (Å²) >= 11 is 0. The monoisotopic (exact) mass is 166 g/mol. The highest BCUT2D eigenvalue weighted by molar-refractivity contribution is 5.19. The molecule has 0 radical (unpaired) electrons. The lowest BCUT2D eigenvalue weighted by molar-refractivity contribution is -0.676. The Morgan fingerprint density at radius 3 is 2.83 bits per heavy atom. The maximum Gasteiger partial charge on any atom is 0.132 e. The molecule has 1 fully saturated rings. The zero-order chi connectivity index (χ0) is 8.39. The van der Waals surface area contributed by atoms with Crippen molar-refractivity contribution in [3.8, 4) is 0 Å². The van der Waals surface area contributed by atoms with E-state index in [9.17, 15) is 4.39 Å². The van der Waals surface area contributed by atoms with Crippen LogP contribution in [0.25, 0.3) is 0 Å². The van der Waals surface area contributed by atoms with E-state index in [0.717, 1.165) is 18.5 Å². The Labute approximate surface area is 71.6 Å². The van der Waals surface area contributed by atoms with Crippen molar-refractivity contribution >= 4 is 0 Å². The number of quaternary nitrogens is 1. The molecule has 2 N–H and O–H groups in total. The Hall–Kier alpha value is -0.890. The zero-order valence-electron chi connectivity index (χ0n) is 6.96. The van der Waals surface area contributed by atoms with Crippen molar-refractivity contribution in [3.63, 3.8) is 0 Å². The second kappa shape index (κ2) is 3.23. The fourth-order valence-electron chi connectivity index (χ4n) is 1.83. The molecule has 0 saturated carbocycles. The summed E-state index contributed by atoms with van der Waals surface area (Å²) in [7, 11) is 0. The topological polar surface area (TPSA) is 16.6 Å². The van der Waals surface area contributed by atoms with E-state index in [1.807, 2.05) is 12.1 Å². The van der Waals surface area contributed by atoms with E-state index < -0.39 is 0 Å². The van der Waals surface area contributed by atoms with Crippen molar-refractivity contribution < 1.29 is 9.71 Å². The minimum absolute atomic E-state index is 0.0550. The van der Waals surface area contributed by atoms with Crippen LogP contribution < -0.4 is 5.32 Å². The van der Waals surface area contributed by atoms with Gasteiger partial charge < -0.3 is 5.32 Å². The predicted octanol–water partition coefficient (Wildman–Crippen LogP) is 1.22. The Balaban J connectivity index is 2.26. The van der Waals surface area contributed by atoms with Gasteiger partial charge in [-0.2, -0.15) is 0 Å². The van der Waals surface area contributed by atoms with Crippen LogP contribution in [0.2, 0.25) is 0 Å². The van der Waals surface area contributed by atoms with Gasteiger partial charge in [-0.1, -0.05) is 18.2 Å². The lowest BCUT2D eigenvalue weighted by Crippen LogP contribution is -2.81. The summed E-state index contributed by atoms with van der Waals surface area (Å²) in [5.74, 6) is -0.0550. The SMILES string of the molecule is Fc1ccccc1[C@H]1CCC[NH2+]1. The van der Waals surface area contributed by atoms with Gasteiger partial charge in [0.2, 0.25) is 0 Å². The number of hydrogen-bond acceptors (Lipinski definition) is 0. The largest absolute Gasteiger partial charge is 0.340 e. The highest BCUT2D eigenvalue weighted by Gasteiger charge is 2.22. The Kier molecular flexibility index (Phi) is 2.09. The molecule has 1 atom stereocenters. The van der Waals surface area contributed by atoms with E-state index in [2.05, 4.69) is 5.32 Å². The zero-order valence-corrected chi connectivity index (χ0v) is 6.96. The molecule has 1 aliphatic heterocycles. The summed E-state index contributed by atoms with van der Waals surface area (Å²) in [5, 5.41) is 2.22. The standard InChI is InChI=1S/C10H12FN/c11-9-5-2-1-4-8(9)10-6-3-7-12-10/h1-2,4-5,10,12H,3,6-7H2/p+1/t10-/m1/s1. The highest BCUT2D eigenvalue weighted by atomic mass is 19.1. The molecule has 1 aromatic carbocycles. The van der Waals surface area contributed by atoms with Gasteiger partial charge in [0.05, 0.1) is 6.54 Å². The molecule has 0 bridgehead atoms. The fraction of sp³-hybridized carbons (Fsp3) is 0.400. The highest BCUT2D eigenvalue weighted by Crippen LogP contribution is 2.19. The summed E-state index contributed by atoms with van der Waals surface area (Å²) < 4.78 is 13.2. The molecule has 2 rings (SSSR count). The first kappa shape index (κ1) is 7.74. The molecule has 0 spiro atoms. The predicted molar refractivity (Wildman–Crippen MR) is 45.2 cm³/mol. The van der Waals surface area contributed by atoms with E-state index in [0.29, 0.717) is 6.04 Å². The van der Waals surface area contributed by atoms with Gasteiger partial charge >= 0.3 is 0 Å². The van der Waals surface area contributed by atoms with Crippen molar-refractivity contribution in [2.75, 3.05) is 6.54 Å². The van der Waals surface area contributed by atoms with Crippen LogP contribution in [0.5, 0.6) is 0 Å². The van der Waals surface area contributed by atoms with Crippen molar-refractivity contribution in [2.45, 2.75) is 18.9 Å². The lowest BCUT2D eigenvalue weighted by atomic mass is 10.1. The van der Waals surface area contributed by atoms with Crippen molar-refractivity contribution in [1.82, 2.24) is 0 Å². The second-order valence-corrected chi connectivity index (χ2v) is 3.29. The van der Waals surface area contributed by atoms with Gasteiger partial charge in [0, 0.05) is 18.4 Å². The molecule has 0 aromatic heterocycles. The van der Waals surface area contributed by atoms with Crippen LogP contribution >= 0.6 is 0 Å². The molecule has 0 unspecified atom stereocenters. The number of nitrogens with two attached hydrogens (primary N) is 1. The van der Waals surface area contributed by atoms with Gasteiger partial charge in [-0.15, -0.1) is 0 Å². The fourth-order valence-corrected chi connectivity index (χ4v) is 1.83. The van der Waals surface area contributed by atoms with Gasteiger partial charge in [-0.05, 0) is 6.07 Å². The molecule has 1 aromatic rings. The average Bonchev–Trinajstić information content (AvgIpc) is 2.57. The average molecular weight is 166 g/mol. The number of benzene rings is 1. The summed E-state index contributed by atoms with van der Waals surface area (Å²) in [6.45, 7) is 1.14. The normalized spacial score (nSPS) is 22.9. The molecule has 1 heterocycles. The summed E-state index contributed by atoms with van der Waals surface area (Å²) in [5.41, 5.74) is 0.870. The lowest BCUT2D eigenvalue weighted by Gasteiger charge is -2.07. The van der Waals surface area contributed by atoms with Gasteiger partial charge in [0.15, 0.2) is 0 Å². The van der Waals surface area contributed by atoms with Crippen LogP contribution in [0.15, 0.2) is 24.3 Å². The van der Waals surface area contributed by atoms with Crippen LogP contribution in [-0.2, 0) is 0 Å². The molecule has 1 saturated heterocycles. The van der Waals surface area contributed by atoms with E-state index >= 15 is 0 Å². The molecule has 1 nitrogen and oxygen atoms in total. The van der Waals surface area contributed by atoms with Gasteiger partial charge in [-0.25, -0.2) is 4.39 Å². The third kappa shape index (κ3) is 1.34. The molecule has 12 heavy (non-hydrogen) atoms. The maximum atomic E-state index is 13.2. The first-order valence-corrected chi connectivity index (χ1v) is 4.45. The van der Waals surface area contributed by atoms with Gasteiger partial charge in [0.25, 0.3) is 0 Å². The van der Waals surface area contributed by atoms with Crippen molar-refractivity contribution in [3.05, 3.63) is 35.6 Å². The van der Waals surface area contributed by atoms with E-state index in [4.69, 9.17) is 0 Å². The molecule has 1 aliphatic rings. The van der Waals surface area contributed by atoms with Gasteiger partial charge in [-0.3, -0.25) is 0 Å². The van der Waals surface area contributed by atoms with E-state index in [1.165, 1.54) is 6.42 Å². The van der Waals surface area contributed by atoms with Crippen molar-refractivity contribution in [1.29, 1.82) is 0 Å². The first-order valence-electron chi connectivity index (χ1n) is 4.45. The quantitative estimate of drug-likeness (QED) is 0.646. The molecular formula is C10H13FN+. The first-order chi connectivity index (χ1) is 5.88. The Bertz CT molecular complexity index is 266. The van der Waals surface area contributed by atoms with Crippen LogP contribution in [-0.4, -0.2) is 6.54 Å². The summed E-state index contributed by atoms with van der Waals surface area (Å²) in [4.78, 5) is 0. The summed E-state index contributed by atoms with van der Waals surface area (Å²) in [6, 6.07) is 7.45. The van der Waals surface area contributed by atoms with E-state index in [1.54, 1.807) is 12.1 Å². The molecule has 64 valence electrons. The van der Waals surface area contributed by atoms with Crippen LogP contribution in [0.4, 0.5) is 4.39 Å². The molecule has 2 heteroatoms. The second-order valence-electron chi connectivity index (χ2n) is 3.29. The minimum Gasteiger partial charge on any atom is -0.340 e. The third-order valence-corrected chi connectivity index (χ3v) is 2.48. The Morgan fingerprint density at radius 2 is 2.17 bits per heavy atom. The number of hydrogen-bond donors (Lipinski definition) is 1. The smallest absolute Gasteiger partial charge is 0.132 e. The van der Waals surface area contributed by atoms with Crippen molar-refractivity contribution in [2.24, 2.45) is 0 Å². The van der Waals surface area contributed by atoms with Crippen LogP contribution in [0.3, 0.4) is 0 Å². The van der Waals surface area contributed by atoms with Crippen LogP contribution in [0, 0.1) is 5.82 Å². The summed E-state index contributed by atoms with van der Waals surface area (Å²) in [6.07, 6.45) is 2.32. The number of halogens is 1. The number of rotatable bonds is 1. The molecule has 0 aliphatic carbocycles.